The molecule has 2 aliphatic heterocycles. The highest BCUT2D eigenvalue weighted by Gasteiger charge is 2.40. The normalized spacial score (nSPS) is 20.8. The zero-order valence-electron chi connectivity index (χ0n) is 14.1. The summed E-state index contributed by atoms with van der Waals surface area (Å²) in [6.45, 7) is 3.45. The third-order valence-electron chi connectivity index (χ3n) is 5.01. The molecule has 25 heavy (non-hydrogen) atoms. The van der Waals surface area contributed by atoms with Gasteiger partial charge in [0.1, 0.15) is 11.9 Å². The van der Waals surface area contributed by atoms with E-state index in [-0.39, 0.29) is 11.6 Å². The number of hydrogen-bond donors (Lipinski definition) is 0. The first-order valence-corrected chi connectivity index (χ1v) is 8.92. The molecule has 132 valence electrons. The van der Waals surface area contributed by atoms with Gasteiger partial charge in [0, 0.05) is 26.7 Å². The average Bonchev–Trinajstić information content (AvgIpc) is 2.66. The quantitative estimate of drug-likeness (QED) is 0.556. The van der Waals surface area contributed by atoms with Crippen LogP contribution in [0.5, 0.6) is 0 Å². The van der Waals surface area contributed by atoms with Crippen molar-refractivity contribution in [2.24, 2.45) is 0 Å². The SMILES string of the molecule is Cc1cc2c3c(nc(=O)n2I)N2CCN(C)CC2C(=O)N(C)c3c1F. The van der Waals surface area contributed by atoms with E-state index in [9.17, 15) is 14.0 Å². The van der Waals surface area contributed by atoms with Crippen molar-refractivity contribution >= 4 is 51.2 Å². The number of rotatable bonds is 0. The number of nitrogens with zero attached hydrogens (tertiary/aromatic N) is 5. The van der Waals surface area contributed by atoms with Crippen LogP contribution >= 0.6 is 22.9 Å². The van der Waals surface area contributed by atoms with Gasteiger partial charge in [-0.2, -0.15) is 4.98 Å². The van der Waals surface area contributed by atoms with Crippen LogP contribution in [0.2, 0.25) is 0 Å². The topological polar surface area (TPSA) is 61.7 Å². The monoisotopic (exact) mass is 457 g/mol. The van der Waals surface area contributed by atoms with Crippen LogP contribution in [-0.4, -0.2) is 58.3 Å². The zero-order chi connectivity index (χ0) is 18.0. The summed E-state index contributed by atoms with van der Waals surface area (Å²) in [6.07, 6.45) is 0. The molecular formula is C16H17FIN5O2. The number of benzene rings is 1. The van der Waals surface area contributed by atoms with E-state index in [0.29, 0.717) is 35.4 Å². The van der Waals surface area contributed by atoms with Crippen LogP contribution in [0.4, 0.5) is 15.9 Å². The average molecular weight is 457 g/mol. The maximum Gasteiger partial charge on any atom is 0.359 e. The van der Waals surface area contributed by atoms with Gasteiger partial charge in [-0.3, -0.25) is 4.79 Å². The number of piperazine rings is 1. The molecule has 0 bridgehead atoms. The molecule has 4 rings (SSSR count). The Labute approximate surface area is 157 Å². The Morgan fingerprint density at radius 2 is 2.00 bits per heavy atom. The summed E-state index contributed by atoms with van der Waals surface area (Å²) in [5, 5.41) is 0.514. The maximum absolute atomic E-state index is 15.0. The van der Waals surface area contributed by atoms with Crippen LogP contribution in [0.3, 0.4) is 0 Å². The highest BCUT2D eigenvalue weighted by molar-refractivity contribution is 14.1. The van der Waals surface area contributed by atoms with E-state index in [0.717, 1.165) is 6.54 Å². The molecule has 1 aromatic heterocycles. The van der Waals surface area contributed by atoms with Crippen LogP contribution in [0.15, 0.2) is 10.9 Å². The van der Waals surface area contributed by atoms with Gasteiger partial charge in [0.25, 0.3) is 5.91 Å². The zero-order valence-corrected chi connectivity index (χ0v) is 16.2. The maximum atomic E-state index is 15.0. The Balaban J connectivity index is 2.15. The summed E-state index contributed by atoms with van der Waals surface area (Å²) in [7, 11) is 3.53. The molecule has 0 spiro atoms. The molecule has 2 aromatic rings. The molecule has 0 radical (unpaired) electrons. The number of fused-ring (bicyclic) bond motifs is 2. The van der Waals surface area contributed by atoms with Crippen molar-refractivity contribution in [3.63, 3.8) is 0 Å². The number of aryl methyl sites for hydroxylation is 1. The van der Waals surface area contributed by atoms with Crippen molar-refractivity contribution in [3.05, 3.63) is 27.9 Å². The minimum Gasteiger partial charge on any atom is -0.341 e. The van der Waals surface area contributed by atoms with Crippen molar-refractivity contribution in [1.82, 2.24) is 12.7 Å². The van der Waals surface area contributed by atoms with Crippen LogP contribution in [0, 0.1) is 12.7 Å². The second kappa shape index (κ2) is 5.63. The molecule has 1 atom stereocenters. The van der Waals surface area contributed by atoms with Crippen LogP contribution in [0.25, 0.3) is 10.9 Å². The number of hydrogen-bond acceptors (Lipinski definition) is 5. The molecular weight excluding hydrogens is 440 g/mol. The van der Waals surface area contributed by atoms with Crippen molar-refractivity contribution in [3.8, 4) is 0 Å². The van der Waals surface area contributed by atoms with E-state index in [1.54, 1.807) is 20.0 Å². The van der Waals surface area contributed by atoms with E-state index in [2.05, 4.69) is 9.88 Å². The summed E-state index contributed by atoms with van der Waals surface area (Å²) < 4.78 is 16.4. The summed E-state index contributed by atoms with van der Waals surface area (Å²) in [5.74, 6) is -0.241. The fourth-order valence-corrected chi connectivity index (χ4v) is 4.16. The molecule has 1 unspecified atom stereocenters. The first-order valence-electron chi connectivity index (χ1n) is 7.96. The number of aromatic nitrogens is 2. The molecule has 1 saturated heterocycles. The van der Waals surface area contributed by atoms with E-state index in [4.69, 9.17) is 0 Å². The molecule has 9 heteroatoms. The molecule has 2 aliphatic rings. The second-order valence-electron chi connectivity index (χ2n) is 6.62. The lowest BCUT2D eigenvalue weighted by molar-refractivity contribution is -0.120. The van der Waals surface area contributed by atoms with Crippen molar-refractivity contribution in [2.45, 2.75) is 13.0 Å². The Morgan fingerprint density at radius 3 is 2.72 bits per heavy atom. The van der Waals surface area contributed by atoms with Gasteiger partial charge in [0.05, 0.1) is 39.5 Å². The number of amides is 1. The van der Waals surface area contributed by atoms with Crippen LogP contribution in [-0.2, 0) is 4.79 Å². The molecule has 7 nitrogen and oxygen atoms in total. The van der Waals surface area contributed by atoms with Gasteiger partial charge in [-0.1, -0.05) is 0 Å². The largest absolute Gasteiger partial charge is 0.359 e. The van der Waals surface area contributed by atoms with Gasteiger partial charge < -0.3 is 14.7 Å². The number of carbonyl (C=O) groups excluding carboxylic acids is 1. The van der Waals surface area contributed by atoms with Gasteiger partial charge in [-0.15, -0.1) is 0 Å². The van der Waals surface area contributed by atoms with Crippen molar-refractivity contribution in [2.75, 3.05) is 43.5 Å². The van der Waals surface area contributed by atoms with Crippen molar-refractivity contribution < 1.29 is 9.18 Å². The molecule has 3 heterocycles. The van der Waals surface area contributed by atoms with Crippen LogP contribution < -0.4 is 15.5 Å². The lowest BCUT2D eigenvalue weighted by Gasteiger charge is -2.39. The Kier molecular flexibility index (Phi) is 3.76. The first-order chi connectivity index (χ1) is 11.8. The Hall–Kier alpha value is -1.75. The van der Waals surface area contributed by atoms with E-state index in [1.807, 2.05) is 34.8 Å². The van der Waals surface area contributed by atoms with Gasteiger partial charge >= 0.3 is 5.69 Å². The third-order valence-corrected chi connectivity index (χ3v) is 5.94. The van der Waals surface area contributed by atoms with Gasteiger partial charge in [-0.05, 0) is 25.6 Å². The van der Waals surface area contributed by atoms with E-state index < -0.39 is 17.5 Å². The Bertz CT molecular complexity index is 975. The molecule has 0 saturated carbocycles. The smallest absolute Gasteiger partial charge is 0.341 e. The van der Waals surface area contributed by atoms with Crippen molar-refractivity contribution in [1.29, 1.82) is 0 Å². The fraction of sp³-hybridized carbons (Fsp3) is 0.438. The Morgan fingerprint density at radius 1 is 1.28 bits per heavy atom. The predicted octanol–water partition coefficient (Wildman–Crippen LogP) is 1.14. The number of likely N-dealkylation sites (N-methyl/N-ethyl adjacent to an activating group) is 2. The highest BCUT2D eigenvalue weighted by atomic mass is 127. The molecule has 1 fully saturated rings. The van der Waals surface area contributed by atoms with Gasteiger partial charge in [0.15, 0.2) is 5.82 Å². The first kappa shape index (κ1) is 16.7. The minimum atomic E-state index is -0.490. The van der Waals surface area contributed by atoms with E-state index >= 15 is 0 Å². The molecule has 0 aliphatic carbocycles. The summed E-state index contributed by atoms with van der Waals surface area (Å²) in [6, 6.07) is 1.15. The van der Waals surface area contributed by atoms with Gasteiger partial charge in [0.2, 0.25) is 0 Å². The predicted molar refractivity (Wildman–Crippen MR) is 102 cm³/mol. The highest BCUT2D eigenvalue weighted by Crippen LogP contribution is 2.40. The molecule has 0 N–H and O–H groups in total. The molecule has 1 aromatic carbocycles. The summed E-state index contributed by atoms with van der Waals surface area (Å²) in [4.78, 5) is 34.9. The van der Waals surface area contributed by atoms with Crippen LogP contribution in [0.1, 0.15) is 5.56 Å². The number of halogens is 2. The molecule has 1 amide bonds. The lowest BCUT2D eigenvalue weighted by Crippen LogP contribution is -2.58. The second-order valence-corrected chi connectivity index (χ2v) is 7.58. The summed E-state index contributed by atoms with van der Waals surface area (Å²) in [5.41, 5.74) is 0.740. The van der Waals surface area contributed by atoms with Gasteiger partial charge in [-0.25, -0.2) is 12.0 Å². The number of carbonyl (C=O) groups is 1. The standard InChI is InChI=1S/C16H17FIN5O2/c1-8-6-9-11-13(12(8)17)21(3)15(24)10-7-20(2)4-5-22(10)14(11)19-16(25)23(9)18/h6,10H,4-5,7H2,1-3H3. The third kappa shape index (κ3) is 2.28. The minimum absolute atomic E-state index is 0.192. The fourth-order valence-electron chi connectivity index (χ4n) is 3.67. The van der Waals surface area contributed by atoms with E-state index in [1.165, 1.54) is 7.68 Å². The summed E-state index contributed by atoms with van der Waals surface area (Å²) >= 11 is 1.87. The lowest BCUT2D eigenvalue weighted by atomic mass is 10.1. The number of anilines is 2.